The number of hydrogen-bond donors (Lipinski definition) is 0. The molecule has 0 aliphatic carbocycles. The monoisotopic (exact) mass is 279 g/mol. The van der Waals surface area contributed by atoms with Crippen molar-refractivity contribution in [1.29, 1.82) is 0 Å². The summed E-state index contributed by atoms with van der Waals surface area (Å²) in [4.78, 5) is 10.9. The molecule has 0 aromatic heterocycles. The van der Waals surface area contributed by atoms with E-state index in [1.807, 2.05) is 6.92 Å². The molecule has 1 rings (SSSR count). The minimum Gasteiger partial charge on any atom is -0.302 e. The molecular weight excluding hydrogens is 262 g/mol. The van der Waals surface area contributed by atoms with Gasteiger partial charge in [-0.1, -0.05) is 24.3 Å². The van der Waals surface area contributed by atoms with Crippen LogP contribution in [0.1, 0.15) is 12.5 Å². The fraction of sp³-hybridized carbons (Fsp3) is 0.286. The summed E-state index contributed by atoms with van der Waals surface area (Å²) >= 11 is 0. The van der Waals surface area contributed by atoms with E-state index in [-0.39, 0.29) is 11.4 Å². The van der Waals surface area contributed by atoms with Gasteiger partial charge in [0.15, 0.2) is 0 Å². The predicted molar refractivity (Wildman–Crippen MR) is 74.3 cm³/mol. The molecule has 0 bridgehead atoms. The van der Waals surface area contributed by atoms with Crippen LogP contribution in [0.4, 0.5) is 0 Å². The highest BCUT2D eigenvalue weighted by Gasteiger charge is 2.27. The number of carbonyl (C=O) groups excluding carboxylic acids is 1. The van der Waals surface area contributed by atoms with E-state index in [1.165, 1.54) is 18.2 Å². The van der Waals surface area contributed by atoms with Crippen molar-refractivity contribution in [3.05, 3.63) is 48.2 Å². The Kier molecular flexibility index (Phi) is 5.24. The van der Waals surface area contributed by atoms with Crippen LogP contribution in [0.5, 0.6) is 0 Å². The summed E-state index contributed by atoms with van der Waals surface area (Å²) in [5.74, 6) is 0. The standard InChI is InChI=1S/C14H17NO3S/c1-4-5-13(3)15(10-11-16)19(17,18)14-8-6-12(2)7-9-14/h5-9,11,13H,1,10H2,2-3H3. The second kappa shape index (κ2) is 6.48. The first kappa shape index (κ1) is 15.4. The first-order valence-corrected chi connectivity index (χ1v) is 7.25. The number of hydrogen-bond acceptors (Lipinski definition) is 3. The Labute approximate surface area is 114 Å². The van der Waals surface area contributed by atoms with E-state index in [0.29, 0.717) is 6.29 Å². The normalized spacial score (nSPS) is 12.8. The quantitative estimate of drug-likeness (QED) is 0.590. The van der Waals surface area contributed by atoms with Gasteiger partial charge in [-0.3, -0.25) is 0 Å². The summed E-state index contributed by atoms with van der Waals surface area (Å²) in [5, 5.41) is 0. The van der Waals surface area contributed by atoms with Gasteiger partial charge >= 0.3 is 0 Å². The van der Waals surface area contributed by atoms with Crippen LogP contribution in [-0.4, -0.2) is 31.6 Å². The van der Waals surface area contributed by atoms with Crippen LogP contribution in [-0.2, 0) is 14.8 Å². The van der Waals surface area contributed by atoms with Crippen LogP contribution in [0.15, 0.2) is 47.5 Å². The average Bonchev–Trinajstić information content (AvgIpc) is 2.36. The van der Waals surface area contributed by atoms with Crippen molar-refractivity contribution < 1.29 is 13.2 Å². The molecule has 0 fully saturated rings. The van der Waals surface area contributed by atoms with Crippen molar-refractivity contribution in [3.63, 3.8) is 0 Å². The Morgan fingerprint density at radius 1 is 1.37 bits per heavy atom. The molecule has 102 valence electrons. The van der Waals surface area contributed by atoms with E-state index < -0.39 is 16.1 Å². The predicted octanol–water partition coefficient (Wildman–Crippen LogP) is 1.91. The third kappa shape index (κ3) is 3.64. The van der Waals surface area contributed by atoms with E-state index in [9.17, 15) is 13.2 Å². The number of benzene rings is 1. The topological polar surface area (TPSA) is 54.5 Å². The molecule has 0 N–H and O–H groups in total. The molecule has 0 amide bonds. The van der Waals surface area contributed by atoms with Crippen LogP contribution in [0, 0.1) is 6.92 Å². The highest BCUT2D eigenvalue weighted by molar-refractivity contribution is 7.89. The molecule has 4 nitrogen and oxygen atoms in total. The van der Waals surface area contributed by atoms with Gasteiger partial charge in [-0.15, -0.1) is 5.73 Å². The second-order valence-electron chi connectivity index (χ2n) is 4.17. The molecule has 5 heteroatoms. The fourth-order valence-electron chi connectivity index (χ4n) is 1.66. The lowest BCUT2D eigenvalue weighted by Gasteiger charge is -2.24. The molecule has 19 heavy (non-hydrogen) atoms. The summed E-state index contributed by atoms with van der Waals surface area (Å²) < 4.78 is 26.0. The van der Waals surface area contributed by atoms with Crippen LogP contribution < -0.4 is 0 Å². The fourth-order valence-corrected chi connectivity index (χ4v) is 3.16. The zero-order valence-corrected chi connectivity index (χ0v) is 11.9. The number of nitrogens with zero attached hydrogens (tertiary/aromatic N) is 1. The maximum atomic E-state index is 12.4. The van der Waals surface area contributed by atoms with Crippen LogP contribution in [0.25, 0.3) is 0 Å². The highest BCUT2D eigenvalue weighted by Crippen LogP contribution is 2.18. The SMILES string of the molecule is C=C=CC(C)N(CC=O)S(=O)(=O)c1ccc(C)cc1. The van der Waals surface area contributed by atoms with Gasteiger partial charge in [0.2, 0.25) is 10.0 Å². The molecule has 0 radical (unpaired) electrons. The van der Waals surface area contributed by atoms with E-state index in [1.54, 1.807) is 19.1 Å². The molecule has 0 saturated carbocycles. The Balaban J connectivity index is 3.22. The van der Waals surface area contributed by atoms with Gasteiger partial charge in [0.25, 0.3) is 0 Å². The van der Waals surface area contributed by atoms with Gasteiger partial charge < -0.3 is 4.79 Å². The lowest BCUT2D eigenvalue weighted by atomic mass is 10.2. The molecule has 0 aliphatic heterocycles. The molecule has 1 aromatic carbocycles. The zero-order valence-electron chi connectivity index (χ0n) is 11.0. The van der Waals surface area contributed by atoms with Gasteiger partial charge in [0.1, 0.15) is 6.29 Å². The van der Waals surface area contributed by atoms with Gasteiger partial charge in [-0.2, -0.15) is 4.31 Å². The molecule has 1 aromatic rings. The molecule has 0 spiro atoms. The smallest absolute Gasteiger partial charge is 0.244 e. The minimum atomic E-state index is -3.70. The van der Waals surface area contributed by atoms with Crippen molar-refractivity contribution in [2.24, 2.45) is 0 Å². The largest absolute Gasteiger partial charge is 0.302 e. The summed E-state index contributed by atoms with van der Waals surface area (Å²) in [6.07, 6.45) is 2.08. The van der Waals surface area contributed by atoms with Gasteiger partial charge in [-0.05, 0) is 32.1 Å². The summed E-state index contributed by atoms with van der Waals surface area (Å²) in [5.41, 5.74) is 3.51. The second-order valence-corrected chi connectivity index (χ2v) is 6.06. The summed E-state index contributed by atoms with van der Waals surface area (Å²) in [6, 6.07) is 6.04. The van der Waals surface area contributed by atoms with Crippen molar-refractivity contribution >= 4 is 16.3 Å². The van der Waals surface area contributed by atoms with Crippen LogP contribution in [0.3, 0.4) is 0 Å². The summed E-state index contributed by atoms with van der Waals surface area (Å²) in [6.45, 7) is 6.77. The lowest BCUT2D eigenvalue weighted by molar-refractivity contribution is -0.108. The van der Waals surface area contributed by atoms with Gasteiger partial charge in [0.05, 0.1) is 11.4 Å². The Morgan fingerprint density at radius 3 is 2.42 bits per heavy atom. The third-order valence-electron chi connectivity index (χ3n) is 2.70. The molecular formula is C14H17NO3S. The Hall–Kier alpha value is -1.68. The molecule has 0 aliphatic rings. The molecule has 0 saturated heterocycles. The average molecular weight is 279 g/mol. The van der Waals surface area contributed by atoms with Gasteiger partial charge in [-0.25, -0.2) is 8.42 Å². The number of aldehydes is 1. The van der Waals surface area contributed by atoms with Crippen molar-refractivity contribution in [3.8, 4) is 0 Å². The van der Waals surface area contributed by atoms with E-state index in [2.05, 4.69) is 12.3 Å². The maximum Gasteiger partial charge on any atom is 0.244 e. The Bertz CT molecular complexity index is 584. The van der Waals surface area contributed by atoms with E-state index >= 15 is 0 Å². The van der Waals surface area contributed by atoms with Crippen molar-refractivity contribution in [2.45, 2.75) is 24.8 Å². The maximum absolute atomic E-state index is 12.4. The number of rotatable bonds is 6. The molecule has 0 heterocycles. The van der Waals surface area contributed by atoms with E-state index in [0.717, 1.165) is 9.87 Å². The zero-order chi connectivity index (χ0) is 14.5. The van der Waals surface area contributed by atoms with Crippen molar-refractivity contribution in [1.82, 2.24) is 4.31 Å². The summed E-state index contributed by atoms with van der Waals surface area (Å²) in [7, 11) is -3.70. The number of aryl methyl sites for hydroxylation is 1. The molecule has 1 atom stereocenters. The Morgan fingerprint density at radius 2 is 1.95 bits per heavy atom. The minimum absolute atomic E-state index is 0.171. The number of carbonyl (C=O) groups is 1. The van der Waals surface area contributed by atoms with Crippen molar-refractivity contribution in [2.75, 3.05) is 6.54 Å². The van der Waals surface area contributed by atoms with E-state index in [4.69, 9.17) is 0 Å². The van der Waals surface area contributed by atoms with Crippen LogP contribution >= 0.6 is 0 Å². The third-order valence-corrected chi connectivity index (χ3v) is 4.66. The first-order valence-electron chi connectivity index (χ1n) is 5.81. The number of sulfonamides is 1. The molecule has 1 unspecified atom stereocenters. The first-order chi connectivity index (χ1) is 8.93. The lowest BCUT2D eigenvalue weighted by Crippen LogP contribution is -2.38. The highest BCUT2D eigenvalue weighted by atomic mass is 32.2. The van der Waals surface area contributed by atoms with Crippen LogP contribution in [0.2, 0.25) is 0 Å². The van der Waals surface area contributed by atoms with Gasteiger partial charge in [0, 0.05) is 6.04 Å².